The molecule has 0 bridgehead atoms. The Bertz CT molecular complexity index is 964. The maximum atomic E-state index is 12.0. The molecule has 0 aromatic heterocycles. The van der Waals surface area contributed by atoms with E-state index in [4.69, 9.17) is 21.1 Å². The minimum Gasteiger partial charge on any atom is -0.490 e. The Balaban J connectivity index is 1.73. The molecule has 0 aliphatic carbocycles. The fraction of sp³-hybridized carbons (Fsp3) is 0.464. The van der Waals surface area contributed by atoms with E-state index in [0.717, 1.165) is 30.4 Å². The zero-order valence-electron chi connectivity index (χ0n) is 21.4. The molecule has 2 aromatic carbocycles. The molecule has 8 heteroatoms. The number of hydrogen-bond donors (Lipinski definition) is 2. The number of ether oxygens (including phenoxy) is 2. The normalized spacial score (nSPS) is 10.9. The van der Waals surface area contributed by atoms with Crippen LogP contribution in [0.25, 0.3) is 0 Å². The summed E-state index contributed by atoms with van der Waals surface area (Å²) in [4.78, 5) is 23.9. The van der Waals surface area contributed by atoms with Crippen molar-refractivity contribution in [2.24, 2.45) is 5.10 Å². The molecule has 2 amide bonds. The Kier molecular flexibility index (Phi) is 14.1. The number of amides is 2. The summed E-state index contributed by atoms with van der Waals surface area (Å²) in [7, 11) is 0. The molecule has 0 heterocycles. The van der Waals surface area contributed by atoms with Crippen LogP contribution in [0.1, 0.15) is 76.3 Å². The fourth-order valence-corrected chi connectivity index (χ4v) is 3.59. The Morgan fingerprint density at radius 2 is 1.61 bits per heavy atom. The second-order valence-electron chi connectivity index (χ2n) is 8.50. The highest BCUT2D eigenvalue weighted by molar-refractivity contribution is 6.30. The number of benzene rings is 2. The molecule has 0 fully saturated rings. The summed E-state index contributed by atoms with van der Waals surface area (Å²) in [6, 6.07) is 12.9. The van der Waals surface area contributed by atoms with Gasteiger partial charge in [0.05, 0.1) is 19.4 Å². The van der Waals surface area contributed by atoms with Gasteiger partial charge in [-0.1, -0.05) is 69.2 Å². The number of carbonyl (C=O) groups is 2. The quantitative estimate of drug-likeness (QED) is 0.153. The molecule has 2 N–H and O–H groups in total. The van der Waals surface area contributed by atoms with Crippen molar-refractivity contribution in [2.45, 2.75) is 71.8 Å². The van der Waals surface area contributed by atoms with Gasteiger partial charge in [-0.05, 0) is 54.8 Å². The van der Waals surface area contributed by atoms with Crippen LogP contribution in [-0.2, 0) is 16.2 Å². The second-order valence-corrected chi connectivity index (χ2v) is 8.93. The Labute approximate surface area is 219 Å². The van der Waals surface area contributed by atoms with Gasteiger partial charge in [-0.15, -0.1) is 0 Å². The number of hydrogen-bond acceptors (Lipinski definition) is 5. The molecule has 2 rings (SSSR count). The van der Waals surface area contributed by atoms with Gasteiger partial charge in [0.1, 0.15) is 6.61 Å². The highest BCUT2D eigenvalue weighted by Crippen LogP contribution is 2.29. The molecule has 0 spiro atoms. The summed E-state index contributed by atoms with van der Waals surface area (Å²) in [5.74, 6) is 0.696. The van der Waals surface area contributed by atoms with Crippen LogP contribution < -0.4 is 20.2 Å². The zero-order chi connectivity index (χ0) is 26.0. The van der Waals surface area contributed by atoms with Crippen LogP contribution in [0.5, 0.6) is 11.5 Å². The Morgan fingerprint density at radius 3 is 2.33 bits per heavy atom. The van der Waals surface area contributed by atoms with Crippen LogP contribution in [-0.4, -0.2) is 31.2 Å². The number of carbonyl (C=O) groups excluding carboxylic acids is 2. The molecule has 0 saturated heterocycles. The van der Waals surface area contributed by atoms with E-state index in [-0.39, 0.29) is 18.4 Å². The second kappa shape index (κ2) is 17.4. The minimum atomic E-state index is -0.382. The first-order valence-corrected chi connectivity index (χ1v) is 13.1. The molecule has 7 nitrogen and oxygen atoms in total. The van der Waals surface area contributed by atoms with E-state index in [1.54, 1.807) is 12.1 Å². The largest absolute Gasteiger partial charge is 0.490 e. The van der Waals surface area contributed by atoms with E-state index >= 15 is 0 Å². The highest BCUT2D eigenvalue weighted by atomic mass is 35.5. The van der Waals surface area contributed by atoms with Crippen molar-refractivity contribution in [1.29, 1.82) is 0 Å². The first-order valence-electron chi connectivity index (χ1n) is 12.7. The predicted octanol–water partition coefficient (Wildman–Crippen LogP) is 6.02. The Hall–Kier alpha value is -3.06. The van der Waals surface area contributed by atoms with Gasteiger partial charge in [0.15, 0.2) is 11.5 Å². The molecule has 0 aliphatic heterocycles. The van der Waals surface area contributed by atoms with Crippen LogP contribution in [0.4, 0.5) is 0 Å². The lowest BCUT2D eigenvalue weighted by Crippen LogP contribution is -2.34. The summed E-state index contributed by atoms with van der Waals surface area (Å²) in [6.45, 7) is 4.85. The third-order valence-corrected chi connectivity index (χ3v) is 5.68. The van der Waals surface area contributed by atoms with E-state index in [1.807, 2.05) is 37.3 Å². The van der Waals surface area contributed by atoms with Gasteiger partial charge in [-0.3, -0.25) is 9.59 Å². The fourth-order valence-electron chi connectivity index (χ4n) is 3.46. The van der Waals surface area contributed by atoms with E-state index in [2.05, 4.69) is 22.8 Å². The maximum absolute atomic E-state index is 12.0. The Morgan fingerprint density at radius 1 is 0.889 bits per heavy atom. The molecule has 0 saturated carbocycles. The maximum Gasteiger partial charge on any atom is 0.259 e. The van der Waals surface area contributed by atoms with Crippen molar-refractivity contribution >= 4 is 29.6 Å². The monoisotopic (exact) mass is 515 g/mol. The van der Waals surface area contributed by atoms with Crippen LogP contribution in [0.15, 0.2) is 47.6 Å². The van der Waals surface area contributed by atoms with Gasteiger partial charge >= 0.3 is 0 Å². The third kappa shape index (κ3) is 12.1. The molecular weight excluding hydrogens is 478 g/mol. The summed E-state index contributed by atoms with van der Waals surface area (Å²) in [6.07, 6.45) is 10.00. The summed E-state index contributed by atoms with van der Waals surface area (Å²) in [5.41, 5.74) is 4.16. The zero-order valence-corrected chi connectivity index (χ0v) is 22.1. The van der Waals surface area contributed by atoms with Gasteiger partial charge in [-0.2, -0.15) is 5.10 Å². The van der Waals surface area contributed by atoms with Gasteiger partial charge < -0.3 is 14.8 Å². The van der Waals surface area contributed by atoms with Crippen LogP contribution in [0, 0.1) is 0 Å². The van der Waals surface area contributed by atoms with E-state index in [9.17, 15) is 9.59 Å². The molecule has 0 unspecified atom stereocenters. The van der Waals surface area contributed by atoms with Crippen molar-refractivity contribution < 1.29 is 19.1 Å². The molecule has 36 heavy (non-hydrogen) atoms. The number of rotatable bonds is 17. The predicted molar refractivity (Wildman–Crippen MR) is 145 cm³/mol. The van der Waals surface area contributed by atoms with E-state index < -0.39 is 0 Å². The standard InChI is InChI=1S/C28H38ClN3O4/c1-3-5-6-7-8-9-10-11-27(33)30-20-28(34)32-31-19-23-14-17-25(26(18-23)35-4-2)36-21-22-12-15-24(29)16-13-22/h12-19H,3-11,20-21H2,1-2H3,(H,30,33)(H,32,34)/b31-19-. The van der Waals surface area contributed by atoms with Gasteiger partial charge in [0.2, 0.25) is 5.91 Å². The highest BCUT2D eigenvalue weighted by Gasteiger charge is 2.08. The molecule has 2 aromatic rings. The number of hydrazone groups is 1. The summed E-state index contributed by atoms with van der Waals surface area (Å²) in [5, 5.41) is 7.29. The number of halogens is 1. The van der Waals surface area contributed by atoms with Crippen molar-refractivity contribution in [2.75, 3.05) is 13.2 Å². The first kappa shape index (κ1) is 29.2. The van der Waals surface area contributed by atoms with Crippen LogP contribution in [0.2, 0.25) is 5.02 Å². The molecule has 0 radical (unpaired) electrons. The number of unbranched alkanes of at least 4 members (excludes halogenated alkanes) is 6. The SMILES string of the molecule is CCCCCCCCCC(=O)NCC(=O)N/N=C\c1ccc(OCc2ccc(Cl)cc2)c(OCC)c1. The average molecular weight is 516 g/mol. The number of nitrogens with one attached hydrogen (secondary N) is 2. The van der Waals surface area contributed by atoms with Gasteiger partial charge in [0, 0.05) is 11.4 Å². The molecule has 0 aliphatic rings. The summed E-state index contributed by atoms with van der Waals surface area (Å²) < 4.78 is 11.6. The van der Waals surface area contributed by atoms with Gasteiger partial charge in [-0.25, -0.2) is 5.43 Å². The van der Waals surface area contributed by atoms with Crippen molar-refractivity contribution in [3.05, 3.63) is 58.6 Å². The van der Waals surface area contributed by atoms with Crippen molar-refractivity contribution in [3.63, 3.8) is 0 Å². The lowest BCUT2D eigenvalue weighted by molar-refractivity contribution is -0.126. The van der Waals surface area contributed by atoms with E-state index in [1.165, 1.54) is 31.9 Å². The van der Waals surface area contributed by atoms with Crippen LogP contribution >= 0.6 is 11.6 Å². The summed E-state index contributed by atoms with van der Waals surface area (Å²) >= 11 is 5.93. The topological polar surface area (TPSA) is 89.0 Å². The van der Waals surface area contributed by atoms with Crippen molar-refractivity contribution in [3.8, 4) is 11.5 Å². The molecule has 0 atom stereocenters. The molecular formula is C28H38ClN3O4. The lowest BCUT2D eigenvalue weighted by atomic mass is 10.1. The van der Waals surface area contributed by atoms with E-state index in [0.29, 0.717) is 36.2 Å². The number of nitrogens with zero attached hydrogens (tertiary/aromatic N) is 1. The average Bonchev–Trinajstić information content (AvgIpc) is 2.87. The first-order chi connectivity index (χ1) is 17.5. The van der Waals surface area contributed by atoms with Crippen molar-refractivity contribution in [1.82, 2.24) is 10.7 Å². The third-order valence-electron chi connectivity index (χ3n) is 5.43. The van der Waals surface area contributed by atoms with Crippen LogP contribution in [0.3, 0.4) is 0 Å². The minimum absolute atomic E-state index is 0.103. The smallest absolute Gasteiger partial charge is 0.259 e. The lowest BCUT2D eigenvalue weighted by Gasteiger charge is -2.12. The molecule has 196 valence electrons. The van der Waals surface area contributed by atoms with Gasteiger partial charge in [0.25, 0.3) is 5.91 Å².